The molecule has 0 saturated heterocycles. The van der Waals surface area contributed by atoms with Gasteiger partial charge in [0.05, 0.1) is 11.6 Å². The predicted octanol–water partition coefficient (Wildman–Crippen LogP) is 2.71. The van der Waals surface area contributed by atoms with Crippen molar-refractivity contribution in [2.75, 3.05) is 5.43 Å². The van der Waals surface area contributed by atoms with Gasteiger partial charge in [0.15, 0.2) is 11.6 Å². The van der Waals surface area contributed by atoms with E-state index in [-0.39, 0.29) is 6.61 Å². The molecule has 0 fully saturated rings. The van der Waals surface area contributed by atoms with E-state index in [0.717, 1.165) is 14.7 Å². The van der Waals surface area contributed by atoms with Crippen LogP contribution in [0.4, 0.5) is 5.82 Å². The maximum atomic E-state index is 5.62. The molecule has 3 N–H and O–H groups in total. The van der Waals surface area contributed by atoms with Crippen molar-refractivity contribution in [3.8, 4) is 5.75 Å². The van der Waals surface area contributed by atoms with Crippen LogP contribution in [0.15, 0.2) is 34.4 Å². The van der Waals surface area contributed by atoms with Crippen LogP contribution in [0.25, 0.3) is 10.2 Å². The van der Waals surface area contributed by atoms with E-state index in [1.165, 1.54) is 11.3 Å². The number of nitrogens with one attached hydrogen (secondary N) is 1. The number of anilines is 1. The van der Waals surface area contributed by atoms with Crippen LogP contribution in [0.3, 0.4) is 0 Å². The van der Waals surface area contributed by atoms with Crippen molar-refractivity contribution in [1.29, 1.82) is 0 Å². The SMILES string of the molecule is NNc1nc(COc2cncc(Br)c2)nc2sccc12. The molecule has 3 aromatic rings. The van der Waals surface area contributed by atoms with Crippen molar-refractivity contribution >= 4 is 43.3 Å². The Labute approximate surface area is 127 Å². The van der Waals surface area contributed by atoms with Crippen molar-refractivity contribution in [2.45, 2.75) is 6.61 Å². The molecule has 0 radical (unpaired) electrons. The highest BCUT2D eigenvalue weighted by Gasteiger charge is 2.08. The number of fused-ring (bicyclic) bond motifs is 1. The van der Waals surface area contributed by atoms with Crippen molar-refractivity contribution in [3.05, 3.63) is 40.2 Å². The molecule has 0 spiro atoms. The second kappa shape index (κ2) is 5.70. The fourth-order valence-electron chi connectivity index (χ4n) is 1.69. The number of thiophene rings is 1. The first-order valence-corrected chi connectivity index (χ1v) is 7.37. The van der Waals surface area contributed by atoms with Gasteiger partial charge in [-0.05, 0) is 33.4 Å². The summed E-state index contributed by atoms with van der Waals surface area (Å²) in [7, 11) is 0. The Morgan fingerprint density at radius 3 is 3.05 bits per heavy atom. The number of pyridine rings is 1. The number of aromatic nitrogens is 3. The van der Waals surface area contributed by atoms with Gasteiger partial charge in [-0.1, -0.05) is 0 Å². The van der Waals surface area contributed by atoms with E-state index in [9.17, 15) is 0 Å². The molecule has 0 atom stereocenters. The highest BCUT2D eigenvalue weighted by Crippen LogP contribution is 2.25. The summed E-state index contributed by atoms with van der Waals surface area (Å²) in [4.78, 5) is 13.7. The lowest BCUT2D eigenvalue weighted by Crippen LogP contribution is -2.11. The zero-order chi connectivity index (χ0) is 13.9. The van der Waals surface area contributed by atoms with Gasteiger partial charge in [0, 0.05) is 10.7 Å². The molecule has 0 amide bonds. The molecule has 3 aromatic heterocycles. The molecule has 0 aromatic carbocycles. The van der Waals surface area contributed by atoms with E-state index in [2.05, 4.69) is 36.3 Å². The van der Waals surface area contributed by atoms with Crippen molar-refractivity contribution < 1.29 is 4.74 Å². The number of nitrogens with zero attached hydrogens (tertiary/aromatic N) is 3. The minimum atomic E-state index is 0.251. The third kappa shape index (κ3) is 2.72. The number of hydrazine groups is 1. The van der Waals surface area contributed by atoms with Gasteiger partial charge < -0.3 is 10.2 Å². The van der Waals surface area contributed by atoms with Gasteiger partial charge in [-0.25, -0.2) is 15.8 Å². The molecule has 20 heavy (non-hydrogen) atoms. The Kier molecular flexibility index (Phi) is 3.77. The van der Waals surface area contributed by atoms with Gasteiger partial charge in [-0.2, -0.15) is 0 Å². The van der Waals surface area contributed by atoms with Crippen LogP contribution in [0.2, 0.25) is 0 Å². The third-order valence-corrected chi connectivity index (χ3v) is 3.80. The largest absolute Gasteiger partial charge is 0.484 e. The van der Waals surface area contributed by atoms with Gasteiger partial charge in [0.1, 0.15) is 17.2 Å². The number of ether oxygens (including phenoxy) is 1. The summed E-state index contributed by atoms with van der Waals surface area (Å²) in [5.74, 6) is 7.29. The van der Waals surface area contributed by atoms with Crippen LogP contribution >= 0.6 is 27.3 Å². The summed E-state index contributed by atoms with van der Waals surface area (Å²) >= 11 is 4.87. The van der Waals surface area contributed by atoms with E-state index in [1.807, 2.05) is 17.5 Å². The Morgan fingerprint density at radius 1 is 1.35 bits per heavy atom. The lowest BCUT2D eigenvalue weighted by molar-refractivity contribution is 0.295. The van der Waals surface area contributed by atoms with Crippen molar-refractivity contribution in [1.82, 2.24) is 15.0 Å². The molecule has 0 aliphatic heterocycles. The summed E-state index contributed by atoms with van der Waals surface area (Å²) in [6, 6.07) is 3.76. The normalized spacial score (nSPS) is 10.7. The minimum Gasteiger partial charge on any atom is -0.484 e. The van der Waals surface area contributed by atoms with E-state index < -0.39 is 0 Å². The molecule has 102 valence electrons. The summed E-state index contributed by atoms with van der Waals surface area (Å²) in [5.41, 5.74) is 2.58. The molecule has 0 saturated carbocycles. The van der Waals surface area contributed by atoms with Crippen molar-refractivity contribution in [3.63, 3.8) is 0 Å². The van der Waals surface area contributed by atoms with Crippen LogP contribution in [0.5, 0.6) is 5.75 Å². The highest BCUT2D eigenvalue weighted by molar-refractivity contribution is 9.10. The fourth-order valence-corrected chi connectivity index (χ4v) is 2.82. The summed E-state index contributed by atoms with van der Waals surface area (Å²) in [6.45, 7) is 0.251. The number of hydrogen-bond acceptors (Lipinski definition) is 7. The monoisotopic (exact) mass is 351 g/mol. The molecule has 3 rings (SSSR count). The molecular weight excluding hydrogens is 342 g/mol. The van der Waals surface area contributed by atoms with E-state index in [1.54, 1.807) is 12.4 Å². The summed E-state index contributed by atoms with van der Waals surface area (Å²) < 4.78 is 6.47. The lowest BCUT2D eigenvalue weighted by Gasteiger charge is -2.07. The van der Waals surface area contributed by atoms with Crippen LogP contribution in [-0.2, 0) is 6.61 Å². The molecule has 0 bridgehead atoms. The summed E-state index contributed by atoms with van der Waals surface area (Å²) in [6.07, 6.45) is 3.33. The van der Waals surface area contributed by atoms with Gasteiger partial charge in [-0.3, -0.25) is 4.98 Å². The number of halogens is 1. The first-order valence-electron chi connectivity index (χ1n) is 5.70. The molecular formula is C12H10BrN5OS. The average molecular weight is 352 g/mol. The highest BCUT2D eigenvalue weighted by atomic mass is 79.9. The van der Waals surface area contributed by atoms with Crippen LogP contribution in [0.1, 0.15) is 5.82 Å². The van der Waals surface area contributed by atoms with E-state index in [4.69, 9.17) is 10.6 Å². The maximum Gasteiger partial charge on any atom is 0.169 e. The smallest absolute Gasteiger partial charge is 0.169 e. The van der Waals surface area contributed by atoms with Crippen LogP contribution < -0.4 is 16.0 Å². The molecule has 0 unspecified atom stereocenters. The maximum absolute atomic E-state index is 5.62. The third-order valence-electron chi connectivity index (χ3n) is 2.56. The van der Waals surface area contributed by atoms with Crippen LogP contribution in [0, 0.1) is 0 Å². The summed E-state index contributed by atoms with van der Waals surface area (Å²) in [5, 5.41) is 2.86. The Bertz CT molecular complexity index is 748. The van der Waals surface area contributed by atoms with Gasteiger partial charge >= 0.3 is 0 Å². The second-order valence-electron chi connectivity index (χ2n) is 3.90. The van der Waals surface area contributed by atoms with Gasteiger partial charge in [0.2, 0.25) is 0 Å². The Hall–Kier alpha value is -1.77. The van der Waals surface area contributed by atoms with Gasteiger partial charge in [0.25, 0.3) is 0 Å². The van der Waals surface area contributed by atoms with Gasteiger partial charge in [-0.15, -0.1) is 11.3 Å². The zero-order valence-corrected chi connectivity index (χ0v) is 12.6. The van der Waals surface area contributed by atoms with E-state index in [0.29, 0.717) is 17.4 Å². The first-order chi connectivity index (χ1) is 9.76. The number of rotatable bonds is 4. The van der Waals surface area contributed by atoms with Crippen molar-refractivity contribution in [2.24, 2.45) is 5.84 Å². The number of nitrogens with two attached hydrogens (primary N) is 1. The number of hydrogen-bond donors (Lipinski definition) is 2. The topological polar surface area (TPSA) is 86.0 Å². The molecule has 8 heteroatoms. The Morgan fingerprint density at radius 2 is 2.25 bits per heavy atom. The Balaban J connectivity index is 1.83. The predicted molar refractivity (Wildman–Crippen MR) is 81.5 cm³/mol. The van der Waals surface area contributed by atoms with E-state index >= 15 is 0 Å². The average Bonchev–Trinajstić information content (AvgIpc) is 2.92. The standard InChI is InChI=1S/C12H10BrN5OS/c13-7-3-8(5-15-4-7)19-6-10-16-11(18-14)9-1-2-20-12(9)17-10/h1-5H,6,14H2,(H,16,17,18). The second-order valence-corrected chi connectivity index (χ2v) is 5.71. The number of nitrogen functional groups attached to an aromatic ring is 1. The molecule has 0 aliphatic rings. The molecule has 6 nitrogen and oxygen atoms in total. The van der Waals surface area contributed by atoms with Crippen LogP contribution in [-0.4, -0.2) is 15.0 Å². The zero-order valence-electron chi connectivity index (χ0n) is 10.2. The minimum absolute atomic E-state index is 0.251. The molecule has 0 aliphatic carbocycles. The lowest BCUT2D eigenvalue weighted by atomic mass is 10.4. The quantitative estimate of drug-likeness (QED) is 0.555. The first kappa shape index (κ1) is 13.2. The molecule has 3 heterocycles. The fraction of sp³-hybridized carbons (Fsp3) is 0.0833.